The Morgan fingerprint density at radius 3 is 2.12 bits per heavy atom. The summed E-state index contributed by atoms with van der Waals surface area (Å²) in [4.78, 5) is 23.6. The number of anilines is 2. The Labute approximate surface area is 197 Å². The molecule has 0 fully saturated rings. The van der Waals surface area contributed by atoms with Crippen LogP contribution in [0.25, 0.3) is 0 Å². The van der Waals surface area contributed by atoms with Crippen molar-refractivity contribution >= 4 is 44.8 Å². The zero-order chi connectivity index (χ0) is 24.0. The highest BCUT2D eigenvalue weighted by Gasteiger charge is 2.14. The van der Waals surface area contributed by atoms with Gasteiger partial charge >= 0.3 is 0 Å². The van der Waals surface area contributed by atoms with E-state index in [9.17, 15) is 18.0 Å². The van der Waals surface area contributed by atoms with Crippen LogP contribution in [0.4, 0.5) is 11.4 Å². The summed E-state index contributed by atoms with van der Waals surface area (Å²) in [6.45, 7) is 1.42. The van der Waals surface area contributed by atoms with E-state index in [4.69, 9.17) is 16.3 Å². The molecule has 0 radical (unpaired) electrons. The van der Waals surface area contributed by atoms with Gasteiger partial charge in [-0.2, -0.15) is 0 Å². The van der Waals surface area contributed by atoms with Crippen LogP contribution in [0.1, 0.15) is 22.8 Å². The van der Waals surface area contributed by atoms with Crippen molar-refractivity contribution < 1.29 is 22.7 Å². The molecule has 2 amide bonds. The van der Waals surface area contributed by atoms with Crippen molar-refractivity contribution in [1.82, 2.24) is 4.72 Å². The van der Waals surface area contributed by atoms with E-state index in [0.717, 1.165) is 0 Å². The van der Waals surface area contributed by atoms with Gasteiger partial charge in [-0.3, -0.25) is 9.59 Å². The van der Waals surface area contributed by atoms with Crippen molar-refractivity contribution in [2.45, 2.75) is 18.4 Å². The molecule has 0 saturated heterocycles. The summed E-state index contributed by atoms with van der Waals surface area (Å²) in [7, 11) is -2.24. The Bertz CT molecular complexity index is 1260. The Morgan fingerprint density at radius 1 is 0.909 bits per heavy atom. The lowest BCUT2D eigenvalue weighted by atomic mass is 10.1. The lowest BCUT2D eigenvalue weighted by molar-refractivity contribution is -0.114. The molecular weight excluding hydrogens is 466 g/mol. The van der Waals surface area contributed by atoms with Gasteiger partial charge < -0.3 is 15.4 Å². The lowest BCUT2D eigenvalue weighted by Crippen LogP contribution is -2.23. The molecule has 0 bridgehead atoms. The highest BCUT2D eigenvalue weighted by molar-refractivity contribution is 7.89. The standard InChI is InChI=1S/C23H22ClN3O5S/c1-15(28)26-18-7-10-20(11-8-18)33(30,31)25-14-16-3-5-17(6-4-16)23(29)27-19-9-12-22(32-2)21(24)13-19/h3-13,25H,14H2,1-2H3,(H,26,28)(H,27,29). The lowest BCUT2D eigenvalue weighted by Gasteiger charge is -2.10. The van der Waals surface area contributed by atoms with Gasteiger partial charge in [0.25, 0.3) is 5.91 Å². The topological polar surface area (TPSA) is 114 Å². The molecule has 3 aromatic carbocycles. The SMILES string of the molecule is COc1ccc(NC(=O)c2ccc(CNS(=O)(=O)c3ccc(NC(C)=O)cc3)cc2)cc1Cl. The fourth-order valence-corrected chi connectivity index (χ4v) is 4.18. The van der Waals surface area contributed by atoms with E-state index < -0.39 is 10.0 Å². The number of amides is 2. The number of hydrogen-bond acceptors (Lipinski definition) is 5. The van der Waals surface area contributed by atoms with E-state index in [1.807, 2.05) is 0 Å². The minimum atomic E-state index is -3.75. The van der Waals surface area contributed by atoms with Crippen molar-refractivity contribution in [1.29, 1.82) is 0 Å². The summed E-state index contributed by atoms with van der Waals surface area (Å²) in [5.74, 6) is -0.0681. The molecule has 0 heterocycles. The Morgan fingerprint density at radius 2 is 1.55 bits per heavy atom. The van der Waals surface area contributed by atoms with Gasteiger partial charge in [-0.25, -0.2) is 13.1 Å². The molecule has 0 spiro atoms. The average molecular weight is 488 g/mol. The first-order valence-corrected chi connectivity index (χ1v) is 11.7. The van der Waals surface area contributed by atoms with E-state index in [0.29, 0.717) is 33.3 Å². The third-order valence-electron chi connectivity index (χ3n) is 4.58. The van der Waals surface area contributed by atoms with E-state index in [-0.39, 0.29) is 23.3 Å². The van der Waals surface area contributed by atoms with Crippen LogP contribution in [0.5, 0.6) is 5.75 Å². The van der Waals surface area contributed by atoms with E-state index >= 15 is 0 Å². The van der Waals surface area contributed by atoms with E-state index in [1.54, 1.807) is 42.5 Å². The largest absolute Gasteiger partial charge is 0.495 e. The summed E-state index contributed by atoms with van der Waals surface area (Å²) in [6.07, 6.45) is 0. The zero-order valence-electron chi connectivity index (χ0n) is 17.9. The number of sulfonamides is 1. The number of ether oxygens (including phenoxy) is 1. The maximum atomic E-state index is 12.5. The third-order valence-corrected chi connectivity index (χ3v) is 6.29. The maximum Gasteiger partial charge on any atom is 0.255 e. The molecule has 8 nitrogen and oxygen atoms in total. The molecule has 0 atom stereocenters. The number of rotatable bonds is 8. The molecule has 0 unspecified atom stereocenters. The highest BCUT2D eigenvalue weighted by Crippen LogP contribution is 2.27. The quantitative estimate of drug-likeness (QED) is 0.443. The first-order chi connectivity index (χ1) is 15.7. The van der Waals surface area contributed by atoms with Gasteiger partial charge in [0, 0.05) is 30.4 Å². The van der Waals surface area contributed by atoms with Crippen molar-refractivity contribution in [3.8, 4) is 5.75 Å². The molecule has 0 aliphatic heterocycles. The molecule has 3 aromatic rings. The maximum absolute atomic E-state index is 12.5. The molecule has 0 aliphatic rings. The fraction of sp³-hybridized carbons (Fsp3) is 0.130. The second-order valence-electron chi connectivity index (χ2n) is 7.03. The van der Waals surface area contributed by atoms with Crippen molar-refractivity contribution in [3.05, 3.63) is 82.9 Å². The van der Waals surface area contributed by atoms with E-state index in [2.05, 4.69) is 15.4 Å². The first kappa shape index (κ1) is 24.2. The van der Waals surface area contributed by atoms with E-state index in [1.165, 1.54) is 38.3 Å². The molecule has 33 heavy (non-hydrogen) atoms. The third kappa shape index (κ3) is 6.55. The van der Waals surface area contributed by atoms with Crippen LogP contribution in [0.15, 0.2) is 71.6 Å². The number of nitrogens with one attached hydrogen (secondary N) is 3. The van der Waals surface area contributed by atoms with Crippen LogP contribution in [-0.4, -0.2) is 27.3 Å². The minimum Gasteiger partial charge on any atom is -0.495 e. The molecule has 3 rings (SSSR count). The Balaban J connectivity index is 1.60. The summed E-state index contributed by atoms with van der Waals surface area (Å²) in [5.41, 5.74) is 2.11. The summed E-state index contributed by atoms with van der Waals surface area (Å²) in [6, 6.07) is 17.3. The monoisotopic (exact) mass is 487 g/mol. The van der Waals surface area contributed by atoms with Gasteiger partial charge in [0.15, 0.2) is 0 Å². The zero-order valence-corrected chi connectivity index (χ0v) is 19.5. The van der Waals surface area contributed by atoms with Crippen LogP contribution < -0.4 is 20.1 Å². The van der Waals surface area contributed by atoms with Crippen LogP contribution in [0, 0.1) is 0 Å². The normalized spacial score (nSPS) is 11.0. The number of methoxy groups -OCH3 is 1. The van der Waals surface area contributed by atoms with Crippen LogP contribution in [-0.2, 0) is 21.4 Å². The predicted molar refractivity (Wildman–Crippen MR) is 127 cm³/mol. The van der Waals surface area contributed by atoms with Crippen molar-refractivity contribution in [3.63, 3.8) is 0 Å². The summed E-state index contributed by atoms with van der Waals surface area (Å²) < 4.78 is 32.6. The fourth-order valence-electron chi connectivity index (χ4n) is 2.90. The molecule has 0 aliphatic carbocycles. The summed E-state index contributed by atoms with van der Waals surface area (Å²) >= 11 is 6.07. The number of halogens is 1. The number of carbonyl (C=O) groups excluding carboxylic acids is 2. The average Bonchev–Trinajstić information content (AvgIpc) is 2.78. The molecule has 10 heteroatoms. The second-order valence-corrected chi connectivity index (χ2v) is 9.20. The van der Waals surface area contributed by atoms with Gasteiger partial charge in [-0.15, -0.1) is 0 Å². The first-order valence-electron chi connectivity index (χ1n) is 9.79. The molecular formula is C23H22ClN3O5S. The van der Waals surface area contributed by atoms with Gasteiger partial charge in [-0.05, 0) is 60.2 Å². The smallest absolute Gasteiger partial charge is 0.255 e. The van der Waals surface area contributed by atoms with Crippen LogP contribution in [0.3, 0.4) is 0 Å². The number of hydrogen-bond donors (Lipinski definition) is 3. The van der Waals surface area contributed by atoms with Gasteiger partial charge in [0.2, 0.25) is 15.9 Å². The van der Waals surface area contributed by atoms with Gasteiger partial charge in [0.05, 0.1) is 17.0 Å². The molecule has 0 saturated carbocycles. The molecule has 0 aromatic heterocycles. The minimum absolute atomic E-state index is 0.0474. The molecule has 172 valence electrons. The van der Waals surface area contributed by atoms with Crippen molar-refractivity contribution in [2.24, 2.45) is 0 Å². The predicted octanol–water partition coefficient (Wildman–Crippen LogP) is 4.04. The Kier molecular flexibility index (Phi) is 7.70. The van der Waals surface area contributed by atoms with Crippen molar-refractivity contribution in [2.75, 3.05) is 17.7 Å². The van der Waals surface area contributed by atoms with Crippen LogP contribution in [0.2, 0.25) is 5.02 Å². The van der Waals surface area contributed by atoms with Gasteiger partial charge in [-0.1, -0.05) is 23.7 Å². The summed E-state index contributed by atoms with van der Waals surface area (Å²) in [5, 5.41) is 5.70. The Hall–Kier alpha value is -3.40. The number of benzene rings is 3. The number of carbonyl (C=O) groups is 2. The van der Waals surface area contributed by atoms with Gasteiger partial charge in [0.1, 0.15) is 5.75 Å². The van der Waals surface area contributed by atoms with Crippen LogP contribution >= 0.6 is 11.6 Å². The highest BCUT2D eigenvalue weighted by atomic mass is 35.5. The second kappa shape index (κ2) is 10.5. The molecule has 3 N–H and O–H groups in total.